The molecule has 2 aliphatic rings. The lowest BCUT2D eigenvalue weighted by atomic mass is 9.96. The van der Waals surface area contributed by atoms with Crippen LogP contribution in [0.25, 0.3) is 0 Å². The van der Waals surface area contributed by atoms with E-state index in [2.05, 4.69) is 0 Å². The summed E-state index contributed by atoms with van der Waals surface area (Å²) in [6, 6.07) is 8.19. The molecule has 2 aliphatic heterocycles. The number of nitrogens with zero attached hydrogens (tertiary/aromatic N) is 2. The van der Waals surface area contributed by atoms with Gasteiger partial charge in [-0.25, -0.2) is 9.59 Å². The number of rotatable bonds is 2. The number of hydrogen-bond acceptors (Lipinski definition) is 5. The number of carbonyl (C=O) groups excluding carboxylic acids is 3. The van der Waals surface area contributed by atoms with E-state index in [9.17, 15) is 14.4 Å². The number of carbonyl (C=O) groups is 3. The molecule has 1 aromatic rings. The van der Waals surface area contributed by atoms with E-state index in [-0.39, 0.29) is 30.8 Å². The van der Waals surface area contributed by atoms with Crippen LogP contribution < -0.4 is 4.90 Å². The van der Waals surface area contributed by atoms with Crippen molar-refractivity contribution >= 4 is 23.7 Å². The first kappa shape index (κ1) is 18.2. The Bertz CT molecular complexity index is 712. The van der Waals surface area contributed by atoms with Gasteiger partial charge >= 0.3 is 12.1 Å². The molecule has 0 bridgehead atoms. The number of benzene rings is 1. The van der Waals surface area contributed by atoms with Crippen LogP contribution in [-0.4, -0.2) is 54.2 Å². The number of para-hydroxylation sites is 1. The van der Waals surface area contributed by atoms with Crippen LogP contribution in [0, 0.1) is 5.92 Å². The van der Waals surface area contributed by atoms with Crippen LogP contribution in [0.4, 0.5) is 10.5 Å². The summed E-state index contributed by atoms with van der Waals surface area (Å²) < 4.78 is 10.4. The first-order valence-electron chi connectivity index (χ1n) is 8.67. The summed E-state index contributed by atoms with van der Waals surface area (Å²) in [6.45, 7) is 5.55. The van der Waals surface area contributed by atoms with Gasteiger partial charge in [-0.2, -0.15) is 0 Å². The van der Waals surface area contributed by atoms with E-state index in [1.807, 2.05) is 30.3 Å². The molecule has 26 heavy (non-hydrogen) atoms. The van der Waals surface area contributed by atoms with Gasteiger partial charge in [0.2, 0.25) is 5.91 Å². The van der Waals surface area contributed by atoms with Crippen LogP contribution in [0.1, 0.15) is 27.2 Å². The number of anilines is 1. The van der Waals surface area contributed by atoms with Crippen molar-refractivity contribution in [3.8, 4) is 0 Å². The first-order chi connectivity index (χ1) is 12.2. The van der Waals surface area contributed by atoms with E-state index in [4.69, 9.17) is 9.47 Å². The quantitative estimate of drug-likeness (QED) is 0.756. The third kappa shape index (κ3) is 3.25. The second kappa shape index (κ2) is 6.63. The molecule has 7 heteroatoms. The molecule has 3 rings (SSSR count). The van der Waals surface area contributed by atoms with E-state index < -0.39 is 23.7 Å². The van der Waals surface area contributed by atoms with E-state index in [0.717, 1.165) is 5.69 Å². The second-order valence-electron chi connectivity index (χ2n) is 7.64. The SMILES string of the molecule is COC(=O)[C@@H]1[C@H]2CC(=O)N(c3ccccc3)[C@H]2CN1C(=O)OC(C)(C)C. The molecule has 1 aromatic carbocycles. The number of ether oxygens (including phenoxy) is 2. The largest absolute Gasteiger partial charge is 0.467 e. The molecule has 2 saturated heterocycles. The standard InChI is InChI=1S/C19H24N2O5/c1-19(2,3)26-18(24)20-11-14-13(16(20)17(23)25-4)10-15(22)21(14)12-8-6-5-7-9-12/h5-9,13-14,16H,10-11H2,1-4H3/t13-,14-,16-/m0/s1. The molecule has 2 fully saturated rings. The molecule has 3 atom stereocenters. The maximum absolute atomic E-state index is 12.6. The molecule has 2 amide bonds. The number of likely N-dealkylation sites (tertiary alicyclic amines) is 1. The second-order valence-corrected chi connectivity index (χ2v) is 7.64. The molecule has 0 aromatic heterocycles. The van der Waals surface area contributed by atoms with Crippen LogP contribution in [0.5, 0.6) is 0 Å². The fourth-order valence-corrected chi connectivity index (χ4v) is 3.75. The van der Waals surface area contributed by atoms with E-state index in [1.54, 1.807) is 25.7 Å². The van der Waals surface area contributed by atoms with Gasteiger partial charge in [0.15, 0.2) is 0 Å². The van der Waals surface area contributed by atoms with Gasteiger partial charge in [-0.05, 0) is 32.9 Å². The smallest absolute Gasteiger partial charge is 0.411 e. The topological polar surface area (TPSA) is 76.2 Å². The van der Waals surface area contributed by atoms with Crippen molar-refractivity contribution in [2.75, 3.05) is 18.6 Å². The molecule has 0 saturated carbocycles. The molecular weight excluding hydrogens is 336 g/mol. The normalized spacial score (nSPS) is 25.2. The number of esters is 1. The molecule has 0 radical (unpaired) electrons. The lowest BCUT2D eigenvalue weighted by Crippen LogP contribution is -2.46. The minimum atomic E-state index is -0.822. The number of fused-ring (bicyclic) bond motifs is 1. The average molecular weight is 360 g/mol. The predicted molar refractivity (Wildman–Crippen MR) is 94.6 cm³/mol. The van der Waals surface area contributed by atoms with Gasteiger partial charge in [0.05, 0.1) is 13.2 Å². The van der Waals surface area contributed by atoms with Gasteiger partial charge in [0.1, 0.15) is 11.6 Å². The molecule has 0 aliphatic carbocycles. The van der Waals surface area contributed by atoms with Crippen molar-refractivity contribution in [1.29, 1.82) is 0 Å². The third-order valence-corrected chi connectivity index (χ3v) is 4.74. The maximum atomic E-state index is 12.6. The van der Waals surface area contributed by atoms with Crippen molar-refractivity contribution < 1.29 is 23.9 Å². The highest BCUT2D eigenvalue weighted by Crippen LogP contribution is 2.40. The monoisotopic (exact) mass is 360 g/mol. The van der Waals surface area contributed by atoms with E-state index in [1.165, 1.54) is 12.0 Å². The highest BCUT2D eigenvalue weighted by atomic mass is 16.6. The van der Waals surface area contributed by atoms with Crippen molar-refractivity contribution in [1.82, 2.24) is 4.90 Å². The molecule has 0 unspecified atom stereocenters. The zero-order chi connectivity index (χ0) is 19.1. The molecule has 7 nitrogen and oxygen atoms in total. The maximum Gasteiger partial charge on any atom is 0.411 e. The number of amides is 2. The lowest BCUT2D eigenvalue weighted by Gasteiger charge is -2.29. The van der Waals surface area contributed by atoms with Gasteiger partial charge in [0, 0.05) is 24.6 Å². The highest BCUT2D eigenvalue weighted by Gasteiger charge is 2.56. The molecular formula is C19H24N2O5. The van der Waals surface area contributed by atoms with Crippen molar-refractivity contribution in [3.05, 3.63) is 30.3 Å². The molecule has 0 spiro atoms. The summed E-state index contributed by atoms with van der Waals surface area (Å²) in [7, 11) is 1.29. The lowest BCUT2D eigenvalue weighted by molar-refractivity contribution is -0.147. The van der Waals surface area contributed by atoms with Crippen LogP contribution in [-0.2, 0) is 19.1 Å². The Morgan fingerprint density at radius 1 is 1.15 bits per heavy atom. The van der Waals surface area contributed by atoms with Crippen LogP contribution in [0.3, 0.4) is 0 Å². The summed E-state index contributed by atoms with van der Waals surface area (Å²) in [4.78, 5) is 40.7. The van der Waals surface area contributed by atoms with Crippen molar-refractivity contribution in [2.24, 2.45) is 5.92 Å². The first-order valence-corrected chi connectivity index (χ1v) is 8.67. The zero-order valence-corrected chi connectivity index (χ0v) is 15.5. The highest BCUT2D eigenvalue weighted by molar-refractivity contribution is 5.98. The van der Waals surface area contributed by atoms with Gasteiger partial charge < -0.3 is 14.4 Å². The molecule has 140 valence electrons. The Morgan fingerprint density at radius 3 is 2.38 bits per heavy atom. The van der Waals surface area contributed by atoms with Gasteiger partial charge in [-0.1, -0.05) is 18.2 Å². The summed E-state index contributed by atoms with van der Waals surface area (Å²) in [6.07, 6.45) is -0.374. The van der Waals surface area contributed by atoms with Crippen LogP contribution in [0.2, 0.25) is 0 Å². The average Bonchev–Trinajstić information content (AvgIpc) is 3.07. The summed E-state index contributed by atoms with van der Waals surface area (Å²) in [5.74, 6) is -0.891. The van der Waals surface area contributed by atoms with Crippen LogP contribution in [0.15, 0.2) is 30.3 Å². The molecule has 0 N–H and O–H groups in total. The summed E-state index contributed by atoms with van der Waals surface area (Å²) in [5.41, 5.74) is 0.0874. The fourth-order valence-electron chi connectivity index (χ4n) is 3.75. The Morgan fingerprint density at radius 2 is 1.81 bits per heavy atom. The Balaban J connectivity index is 1.91. The van der Waals surface area contributed by atoms with Gasteiger partial charge in [0.25, 0.3) is 0 Å². The predicted octanol–water partition coefficient (Wildman–Crippen LogP) is 2.20. The zero-order valence-electron chi connectivity index (χ0n) is 15.5. The Kier molecular flexibility index (Phi) is 4.64. The van der Waals surface area contributed by atoms with E-state index >= 15 is 0 Å². The number of hydrogen-bond donors (Lipinski definition) is 0. The summed E-state index contributed by atoms with van der Waals surface area (Å²) in [5, 5.41) is 0. The van der Waals surface area contributed by atoms with Crippen LogP contribution >= 0.6 is 0 Å². The van der Waals surface area contributed by atoms with E-state index in [0.29, 0.717) is 0 Å². The minimum Gasteiger partial charge on any atom is -0.467 e. The van der Waals surface area contributed by atoms with Crippen molar-refractivity contribution in [2.45, 2.75) is 44.9 Å². The molecule has 2 heterocycles. The number of methoxy groups -OCH3 is 1. The van der Waals surface area contributed by atoms with Crippen molar-refractivity contribution in [3.63, 3.8) is 0 Å². The minimum absolute atomic E-state index is 0.0519. The van der Waals surface area contributed by atoms with Gasteiger partial charge in [-0.15, -0.1) is 0 Å². The Labute approximate surface area is 152 Å². The summed E-state index contributed by atoms with van der Waals surface area (Å²) >= 11 is 0. The Hall–Kier alpha value is -2.57. The third-order valence-electron chi connectivity index (χ3n) is 4.74. The van der Waals surface area contributed by atoms with Gasteiger partial charge in [-0.3, -0.25) is 9.69 Å². The fraction of sp³-hybridized carbons (Fsp3) is 0.526.